The Hall–Kier alpha value is -3.47. The van der Waals surface area contributed by atoms with E-state index in [1.807, 2.05) is 55.8 Å². The first-order chi connectivity index (χ1) is 13.0. The summed E-state index contributed by atoms with van der Waals surface area (Å²) in [4.78, 5) is 16.7. The highest BCUT2D eigenvalue weighted by Gasteiger charge is 2.19. The van der Waals surface area contributed by atoms with Gasteiger partial charge in [0.1, 0.15) is 0 Å². The number of fused-ring (bicyclic) bond motifs is 1. The first-order valence-corrected chi connectivity index (χ1v) is 8.82. The maximum absolute atomic E-state index is 11.9. The normalized spacial score (nSPS) is 12.2. The third-order valence-electron chi connectivity index (χ3n) is 4.91. The molecule has 1 atom stereocenters. The van der Waals surface area contributed by atoms with Gasteiger partial charge in [-0.2, -0.15) is 5.10 Å². The number of benzene rings is 2. The Morgan fingerprint density at radius 1 is 1.07 bits per heavy atom. The third-order valence-corrected chi connectivity index (χ3v) is 4.91. The van der Waals surface area contributed by atoms with Crippen LogP contribution >= 0.6 is 0 Å². The van der Waals surface area contributed by atoms with Gasteiger partial charge in [0.25, 0.3) is 0 Å². The van der Waals surface area contributed by atoms with Gasteiger partial charge in [0.05, 0.1) is 17.4 Å². The molecule has 0 saturated heterocycles. The van der Waals surface area contributed by atoms with E-state index >= 15 is 0 Å². The van der Waals surface area contributed by atoms with Gasteiger partial charge in [-0.05, 0) is 29.3 Å². The van der Waals surface area contributed by atoms with Crippen molar-refractivity contribution in [1.82, 2.24) is 14.8 Å². The SMILES string of the molecule is C[C@@H](c1ccccc1C(N)=O)c1cc(-c2cnn(C)c2)nc2ccccc12. The molecule has 0 aliphatic carbocycles. The number of carbonyl (C=O) groups excluding carboxylic acids is 1. The topological polar surface area (TPSA) is 73.8 Å². The van der Waals surface area contributed by atoms with E-state index < -0.39 is 5.91 Å². The Morgan fingerprint density at radius 3 is 2.56 bits per heavy atom. The van der Waals surface area contributed by atoms with Gasteiger partial charge < -0.3 is 5.73 Å². The van der Waals surface area contributed by atoms with Crippen LogP contribution in [0.2, 0.25) is 0 Å². The molecule has 1 amide bonds. The van der Waals surface area contributed by atoms with Gasteiger partial charge in [0.2, 0.25) is 5.91 Å². The molecule has 0 aliphatic heterocycles. The summed E-state index contributed by atoms with van der Waals surface area (Å²) in [6.07, 6.45) is 3.76. The van der Waals surface area contributed by atoms with E-state index in [4.69, 9.17) is 10.7 Å². The first kappa shape index (κ1) is 17.0. The Balaban J connectivity index is 1.94. The van der Waals surface area contributed by atoms with E-state index in [1.54, 1.807) is 10.7 Å². The summed E-state index contributed by atoms with van der Waals surface area (Å²) in [6, 6.07) is 17.6. The fraction of sp³-hybridized carbons (Fsp3) is 0.136. The molecule has 134 valence electrons. The molecule has 4 rings (SSSR count). The standard InChI is InChI=1S/C22H20N4O/c1-14(16-7-3-4-9-18(16)22(23)27)19-11-21(15-12-24-26(2)13-15)25-20-10-6-5-8-17(19)20/h3-14H,1-2H3,(H2,23,27)/t14-/m0/s1. The maximum Gasteiger partial charge on any atom is 0.248 e. The van der Waals surface area contributed by atoms with Crippen LogP contribution in [0, 0.1) is 0 Å². The summed E-state index contributed by atoms with van der Waals surface area (Å²) in [5.41, 5.74) is 10.9. The number of rotatable bonds is 4. The second-order valence-corrected chi connectivity index (χ2v) is 6.69. The predicted octanol–water partition coefficient (Wildman–Crippen LogP) is 3.89. The lowest BCUT2D eigenvalue weighted by Gasteiger charge is -2.18. The number of hydrogen-bond acceptors (Lipinski definition) is 3. The van der Waals surface area contributed by atoms with E-state index in [0.29, 0.717) is 5.56 Å². The highest BCUT2D eigenvalue weighted by atomic mass is 16.1. The van der Waals surface area contributed by atoms with Crippen LogP contribution in [-0.2, 0) is 7.05 Å². The molecule has 0 saturated carbocycles. The number of nitrogens with zero attached hydrogens (tertiary/aromatic N) is 3. The van der Waals surface area contributed by atoms with Crippen LogP contribution in [-0.4, -0.2) is 20.7 Å². The molecule has 2 heterocycles. The van der Waals surface area contributed by atoms with Crippen molar-refractivity contribution in [1.29, 1.82) is 0 Å². The van der Waals surface area contributed by atoms with Crippen LogP contribution in [0.5, 0.6) is 0 Å². The Kier molecular flexibility index (Phi) is 4.20. The smallest absolute Gasteiger partial charge is 0.248 e. The first-order valence-electron chi connectivity index (χ1n) is 8.82. The van der Waals surface area contributed by atoms with E-state index in [9.17, 15) is 4.79 Å². The minimum atomic E-state index is -0.414. The van der Waals surface area contributed by atoms with E-state index in [-0.39, 0.29) is 5.92 Å². The Bertz CT molecular complexity index is 1150. The van der Waals surface area contributed by atoms with Crippen LogP contribution in [0.3, 0.4) is 0 Å². The minimum Gasteiger partial charge on any atom is -0.366 e. The quantitative estimate of drug-likeness (QED) is 0.603. The van der Waals surface area contributed by atoms with Gasteiger partial charge in [-0.1, -0.05) is 43.3 Å². The molecular weight excluding hydrogens is 336 g/mol. The third kappa shape index (κ3) is 3.08. The van der Waals surface area contributed by atoms with Crippen molar-refractivity contribution < 1.29 is 4.79 Å². The Labute approximate surface area is 157 Å². The van der Waals surface area contributed by atoms with Crippen molar-refractivity contribution in [2.45, 2.75) is 12.8 Å². The molecule has 4 aromatic rings. The fourth-order valence-corrected chi connectivity index (χ4v) is 3.53. The molecule has 0 fully saturated rings. The molecule has 5 heteroatoms. The van der Waals surface area contributed by atoms with Crippen molar-refractivity contribution >= 4 is 16.8 Å². The van der Waals surface area contributed by atoms with Crippen molar-refractivity contribution in [3.8, 4) is 11.3 Å². The monoisotopic (exact) mass is 356 g/mol. The number of aryl methyl sites for hydroxylation is 1. The van der Waals surface area contributed by atoms with Crippen LogP contribution < -0.4 is 5.73 Å². The number of aromatic nitrogens is 3. The second-order valence-electron chi connectivity index (χ2n) is 6.69. The summed E-state index contributed by atoms with van der Waals surface area (Å²) < 4.78 is 1.76. The van der Waals surface area contributed by atoms with Gasteiger partial charge in [-0.25, -0.2) is 4.98 Å². The number of hydrogen-bond donors (Lipinski definition) is 1. The van der Waals surface area contributed by atoms with Gasteiger partial charge in [0.15, 0.2) is 0 Å². The van der Waals surface area contributed by atoms with E-state index in [1.165, 1.54) is 0 Å². The van der Waals surface area contributed by atoms with Gasteiger partial charge in [-0.3, -0.25) is 9.48 Å². The highest BCUT2D eigenvalue weighted by Crippen LogP contribution is 2.34. The zero-order valence-electron chi connectivity index (χ0n) is 15.3. The fourth-order valence-electron chi connectivity index (χ4n) is 3.53. The lowest BCUT2D eigenvalue weighted by molar-refractivity contribution is 0.0999. The maximum atomic E-state index is 11.9. The number of carbonyl (C=O) groups is 1. The van der Waals surface area contributed by atoms with Crippen LogP contribution in [0.25, 0.3) is 22.2 Å². The average Bonchev–Trinajstić information content (AvgIpc) is 3.13. The van der Waals surface area contributed by atoms with Crippen molar-refractivity contribution in [3.05, 3.63) is 83.7 Å². The minimum absolute atomic E-state index is 0.0166. The highest BCUT2D eigenvalue weighted by molar-refractivity contribution is 5.95. The molecule has 0 spiro atoms. The number of para-hydroxylation sites is 1. The number of primary amides is 1. The molecular formula is C22H20N4O. The lowest BCUT2D eigenvalue weighted by Crippen LogP contribution is -2.15. The van der Waals surface area contributed by atoms with Crippen LogP contribution in [0.4, 0.5) is 0 Å². The average molecular weight is 356 g/mol. The summed E-state index contributed by atoms with van der Waals surface area (Å²) in [5, 5.41) is 5.33. The van der Waals surface area contributed by atoms with Gasteiger partial charge >= 0.3 is 0 Å². The molecule has 0 aliphatic rings. The van der Waals surface area contributed by atoms with E-state index in [2.05, 4.69) is 24.2 Å². The van der Waals surface area contributed by atoms with Crippen molar-refractivity contribution in [2.24, 2.45) is 12.8 Å². The number of amides is 1. The number of pyridine rings is 1. The van der Waals surface area contributed by atoms with Crippen LogP contribution in [0.15, 0.2) is 67.0 Å². The number of nitrogens with two attached hydrogens (primary N) is 1. The molecule has 27 heavy (non-hydrogen) atoms. The predicted molar refractivity (Wildman–Crippen MR) is 106 cm³/mol. The van der Waals surface area contributed by atoms with Crippen molar-refractivity contribution in [2.75, 3.05) is 0 Å². The van der Waals surface area contributed by atoms with Gasteiger partial charge in [0, 0.05) is 35.7 Å². The molecule has 0 unspecified atom stereocenters. The molecule has 0 radical (unpaired) electrons. The van der Waals surface area contributed by atoms with Gasteiger partial charge in [-0.15, -0.1) is 0 Å². The lowest BCUT2D eigenvalue weighted by atomic mass is 9.87. The molecule has 0 bridgehead atoms. The van der Waals surface area contributed by atoms with Crippen LogP contribution in [0.1, 0.15) is 34.3 Å². The van der Waals surface area contributed by atoms with Crippen molar-refractivity contribution in [3.63, 3.8) is 0 Å². The zero-order chi connectivity index (χ0) is 19.0. The Morgan fingerprint density at radius 2 is 1.81 bits per heavy atom. The molecule has 5 nitrogen and oxygen atoms in total. The summed E-state index contributed by atoms with van der Waals surface area (Å²) >= 11 is 0. The molecule has 2 aromatic carbocycles. The molecule has 2 N–H and O–H groups in total. The second kappa shape index (κ2) is 6.68. The summed E-state index contributed by atoms with van der Waals surface area (Å²) in [6.45, 7) is 2.09. The summed E-state index contributed by atoms with van der Waals surface area (Å²) in [5.74, 6) is -0.430. The summed E-state index contributed by atoms with van der Waals surface area (Å²) in [7, 11) is 1.89. The zero-order valence-corrected chi connectivity index (χ0v) is 15.3. The van der Waals surface area contributed by atoms with E-state index in [0.717, 1.165) is 33.3 Å². The molecule has 2 aromatic heterocycles. The largest absolute Gasteiger partial charge is 0.366 e.